The molecule has 6 heteroatoms. The fraction of sp³-hybridized carbons (Fsp3) is 0.267. The number of amides is 1. The van der Waals surface area contributed by atoms with E-state index in [9.17, 15) is 4.79 Å². The summed E-state index contributed by atoms with van der Waals surface area (Å²) in [7, 11) is 1.82. The normalized spacial score (nSPS) is 9.86. The summed E-state index contributed by atoms with van der Waals surface area (Å²) in [6, 6.07) is 5.36. The number of aliphatic hydroxyl groups is 1. The van der Waals surface area contributed by atoms with Gasteiger partial charge in [0.15, 0.2) is 5.82 Å². The SMILES string of the molecule is Cc1ccc(C#CCO)cc1C(=O)NCc1nncn1C. The zero-order chi connectivity index (χ0) is 15.2. The molecule has 0 atom stereocenters. The number of benzene rings is 1. The topological polar surface area (TPSA) is 80.0 Å². The van der Waals surface area contributed by atoms with E-state index in [-0.39, 0.29) is 12.5 Å². The first kappa shape index (κ1) is 14.8. The highest BCUT2D eigenvalue weighted by Gasteiger charge is 2.10. The summed E-state index contributed by atoms with van der Waals surface area (Å²) in [5.41, 5.74) is 2.11. The Morgan fingerprint density at radius 1 is 1.48 bits per heavy atom. The lowest BCUT2D eigenvalue weighted by atomic mass is 10.0. The zero-order valence-electron chi connectivity index (χ0n) is 11.9. The highest BCUT2D eigenvalue weighted by atomic mass is 16.2. The van der Waals surface area contributed by atoms with Gasteiger partial charge >= 0.3 is 0 Å². The number of nitrogens with zero attached hydrogens (tertiary/aromatic N) is 3. The standard InChI is InChI=1S/C15H16N4O2/c1-11-5-6-12(4-3-7-20)8-13(11)15(21)16-9-14-18-17-10-19(14)2/h5-6,8,10,20H,7,9H2,1-2H3,(H,16,21). The Morgan fingerprint density at radius 3 is 2.95 bits per heavy atom. The molecule has 0 saturated carbocycles. The van der Waals surface area contributed by atoms with E-state index < -0.39 is 0 Å². The number of aryl methyl sites for hydroxylation is 2. The summed E-state index contributed by atoms with van der Waals surface area (Å²) in [4.78, 5) is 12.2. The first-order valence-corrected chi connectivity index (χ1v) is 6.43. The number of hydrogen-bond donors (Lipinski definition) is 2. The van der Waals surface area contributed by atoms with Gasteiger partial charge in [0, 0.05) is 18.2 Å². The van der Waals surface area contributed by atoms with Gasteiger partial charge in [-0.2, -0.15) is 0 Å². The van der Waals surface area contributed by atoms with Gasteiger partial charge in [0.2, 0.25) is 0 Å². The average Bonchev–Trinajstić information content (AvgIpc) is 2.89. The number of nitrogens with one attached hydrogen (secondary N) is 1. The first-order chi connectivity index (χ1) is 10.1. The molecule has 2 N–H and O–H groups in total. The molecule has 0 aliphatic heterocycles. The van der Waals surface area contributed by atoms with E-state index in [2.05, 4.69) is 27.4 Å². The third kappa shape index (κ3) is 3.68. The van der Waals surface area contributed by atoms with Gasteiger partial charge in [0.1, 0.15) is 12.9 Å². The maximum absolute atomic E-state index is 12.2. The van der Waals surface area contributed by atoms with Crippen LogP contribution in [0.15, 0.2) is 24.5 Å². The quantitative estimate of drug-likeness (QED) is 0.799. The van der Waals surface area contributed by atoms with Crippen LogP contribution in [0.2, 0.25) is 0 Å². The van der Waals surface area contributed by atoms with Crippen molar-refractivity contribution in [2.45, 2.75) is 13.5 Å². The van der Waals surface area contributed by atoms with Crippen LogP contribution in [0.25, 0.3) is 0 Å². The summed E-state index contributed by atoms with van der Waals surface area (Å²) in [5, 5.41) is 19.2. The highest BCUT2D eigenvalue weighted by Crippen LogP contribution is 2.11. The van der Waals surface area contributed by atoms with Crippen molar-refractivity contribution in [1.29, 1.82) is 0 Å². The number of aromatic nitrogens is 3. The van der Waals surface area contributed by atoms with Gasteiger partial charge in [0.05, 0.1) is 6.54 Å². The lowest BCUT2D eigenvalue weighted by Gasteiger charge is -2.08. The Balaban J connectivity index is 2.13. The number of carbonyl (C=O) groups is 1. The third-order valence-corrected chi connectivity index (χ3v) is 3.01. The molecule has 1 amide bonds. The van der Waals surface area contributed by atoms with E-state index in [0.717, 1.165) is 5.56 Å². The molecule has 0 unspecified atom stereocenters. The van der Waals surface area contributed by atoms with Crippen molar-refractivity contribution in [2.75, 3.05) is 6.61 Å². The molecule has 0 aliphatic rings. The molecular weight excluding hydrogens is 268 g/mol. The Hall–Kier alpha value is -2.65. The first-order valence-electron chi connectivity index (χ1n) is 6.43. The van der Waals surface area contributed by atoms with Crippen LogP contribution >= 0.6 is 0 Å². The van der Waals surface area contributed by atoms with E-state index >= 15 is 0 Å². The molecule has 0 saturated heterocycles. The van der Waals surface area contributed by atoms with Gasteiger partial charge in [-0.15, -0.1) is 10.2 Å². The van der Waals surface area contributed by atoms with E-state index in [1.807, 2.05) is 26.1 Å². The molecule has 0 aliphatic carbocycles. The van der Waals surface area contributed by atoms with Crippen molar-refractivity contribution in [3.63, 3.8) is 0 Å². The number of carbonyl (C=O) groups excluding carboxylic acids is 1. The lowest BCUT2D eigenvalue weighted by Crippen LogP contribution is -2.25. The smallest absolute Gasteiger partial charge is 0.251 e. The van der Waals surface area contributed by atoms with Crippen molar-refractivity contribution in [1.82, 2.24) is 20.1 Å². The van der Waals surface area contributed by atoms with Crippen molar-refractivity contribution >= 4 is 5.91 Å². The zero-order valence-corrected chi connectivity index (χ0v) is 11.9. The molecular formula is C15H16N4O2. The Kier molecular flexibility index (Phi) is 4.69. The second kappa shape index (κ2) is 6.68. The molecule has 21 heavy (non-hydrogen) atoms. The van der Waals surface area contributed by atoms with Crippen LogP contribution in [0.4, 0.5) is 0 Å². The molecule has 0 radical (unpaired) electrons. The number of rotatable bonds is 3. The molecule has 0 bridgehead atoms. The third-order valence-electron chi connectivity index (χ3n) is 3.01. The minimum atomic E-state index is -0.207. The highest BCUT2D eigenvalue weighted by molar-refractivity contribution is 5.95. The Labute approximate surface area is 122 Å². The van der Waals surface area contributed by atoms with Crippen molar-refractivity contribution in [3.8, 4) is 11.8 Å². The van der Waals surface area contributed by atoms with Crippen LogP contribution in [0.3, 0.4) is 0 Å². The van der Waals surface area contributed by atoms with Gasteiger partial charge in [-0.1, -0.05) is 17.9 Å². The molecule has 1 aromatic heterocycles. The fourth-order valence-electron chi connectivity index (χ4n) is 1.81. The van der Waals surface area contributed by atoms with Gasteiger partial charge in [-0.25, -0.2) is 0 Å². The van der Waals surface area contributed by atoms with Crippen LogP contribution < -0.4 is 5.32 Å². The molecule has 0 spiro atoms. The average molecular weight is 284 g/mol. The Bertz CT molecular complexity index is 710. The summed E-state index contributed by atoms with van der Waals surface area (Å²) in [5.74, 6) is 5.84. The van der Waals surface area contributed by atoms with E-state index in [1.54, 1.807) is 17.0 Å². The van der Waals surface area contributed by atoms with Gasteiger partial charge in [0.25, 0.3) is 5.91 Å². The number of hydrogen-bond acceptors (Lipinski definition) is 4. The summed E-state index contributed by atoms with van der Waals surface area (Å²) in [6.45, 7) is 1.96. The van der Waals surface area contributed by atoms with Gasteiger partial charge in [-0.05, 0) is 24.6 Å². The summed E-state index contributed by atoms with van der Waals surface area (Å²) >= 11 is 0. The second-order valence-corrected chi connectivity index (χ2v) is 4.53. The molecule has 1 aromatic carbocycles. The van der Waals surface area contributed by atoms with Crippen molar-refractivity contribution in [2.24, 2.45) is 7.05 Å². The predicted molar refractivity (Wildman–Crippen MR) is 77.3 cm³/mol. The maximum atomic E-state index is 12.2. The van der Waals surface area contributed by atoms with E-state index in [1.165, 1.54) is 0 Å². The maximum Gasteiger partial charge on any atom is 0.251 e. The summed E-state index contributed by atoms with van der Waals surface area (Å²) in [6.07, 6.45) is 1.58. The molecule has 0 fully saturated rings. The Morgan fingerprint density at radius 2 is 2.29 bits per heavy atom. The number of aliphatic hydroxyl groups excluding tert-OH is 1. The van der Waals surface area contributed by atoms with Crippen molar-refractivity contribution in [3.05, 3.63) is 47.0 Å². The van der Waals surface area contributed by atoms with Crippen LogP contribution in [-0.4, -0.2) is 32.4 Å². The fourth-order valence-corrected chi connectivity index (χ4v) is 1.81. The van der Waals surface area contributed by atoms with Gasteiger partial charge in [-0.3, -0.25) is 4.79 Å². The largest absolute Gasteiger partial charge is 0.384 e. The van der Waals surface area contributed by atoms with Crippen LogP contribution in [0.5, 0.6) is 0 Å². The second-order valence-electron chi connectivity index (χ2n) is 4.53. The van der Waals surface area contributed by atoms with Crippen molar-refractivity contribution < 1.29 is 9.90 Å². The molecule has 2 rings (SSSR count). The monoisotopic (exact) mass is 284 g/mol. The minimum Gasteiger partial charge on any atom is -0.384 e. The predicted octanol–water partition coefficient (Wildman–Crippen LogP) is 0.397. The van der Waals surface area contributed by atoms with Gasteiger partial charge < -0.3 is 15.0 Å². The summed E-state index contributed by atoms with van der Waals surface area (Å²) < 4.78 is 1.75. The van der Waals surface area contributed by atoms with Crippen LogP contribution in [-0.2, 0) is 13.6 Å². The van der Waals surface area contributed by atoms with E-state index in [0.29, 0.717) is 23.5 Å². The molecule has 2 aromatic rings. The molecule has 1 heterocycles. The molecule has 108 valence electrons. The molecule has 6 nitrogen and oxygen atoms in total. The lowest BCUT2D eigenvalue weighted by molar-refractivity contribution is 0.0949. The van der Waals surface area contributed by atoms with Crippen LogP contribution in [0.1, 0.15) is 27.3 Å². The van der Waals surface area contributed by atoms with Crippen LogP contribution in [0, 0.1) is 18.8 Å². The minimum absolute atomic E-state index is 0.192. The van der Waals surface area contributed by atoms with E-state index in [4.69, 9.17) is 5.11 Å².